The Morgan fingerprint density at radius 1 is 1.50 bits per heavy atom. The van der Waals surface area contributed by atoms with Crippen LogP contribution in [-0.4, -0.2) is 25.5 Å². The summed E-state index contributed by atoms with van der Waals surface area (Å²) in [6, 6.07) is 0. The number of hydrogen-bond donors (Lipinski definition) is 2. The second-order valence-electron chi connectivity index (χ2n) is 3.68. The molecular weight excluding hydrogens is 176 g/mol. The summed E-state index contributed by atoms with van der Waals surface area (Å²) in [5, 5.41) is 5.87. The number of unbranched alkanes of at least 4 members (excludes halogenated alkanes) is 1. The van der Waals surface area contributed by atoms with Crippen LogP contribution in [0.5, 0.6) is 0 Å². The lowest BCUT2D eigenvalue weighted by molar-refractivity contribution is -0.120. The molecule has 0 spiro atoms. The number of carbonyl (C=O) groups is 1. The Bertz CT molecular complexity index is 194. The van der Waals surface area contributed by atoms with Gasteiger partial charge in [0, 0.05) is 13.0 Å². The minimum absolute atomic E-state index is 0.0550. The van der Waals surface area contributed by atoms with E-state index in [-0.39, 0.29) is 5.91 Å². The van der Waals surface area contributed by atoms with E-state index in [0.717, 1.165) is 25.9 Å². The summed E-state index contributed by atoms with van der Waals surface area (Å²) in [4.78, 5) is 11.2. The molecule has 0 fully saturated rings. The minimum atomic E-state index is 0.0550. The van der Waals surface area contributed by atoms with Crippen LogP contribution >= 0.6 is 0 Å². The van der Waals surface area contributed by atoms with Crippen molar-refractivity contribution < 1.29 is 4.79 Å². The first-order valence-electron chi connectivity index (χ1n) is 5.07. The van der Waals surface area contributed by atoms with Gasteiger partial charge >= 0.3 is 0 Å². The van der Waals surface area contributed by atoms with Crippen LogP contribution in [0.25, 0.3) is 0 Å². The van der Waals surface area contributed by atoms with Gasteiger partial charge < -0.3 is 10.6 Å². The minimum Gasteiger partial charge on any atom is -0.355 e. The lowest BCUT2D eigenvalue weighted by atomic mass is 10.2. The van der Waals surface area contributed by atoms with Gasteiger partial charge in [-0.15, -0.1) is 12.3 Å². The van der Waals surface area contributed by atoms with E-state index in [0.29, 0.717) is 12.5 Å². The van der Waals surface area contributed by atoms with Crippen molar-refractivity contribution in [2.45, 2.75) is 26.7 Å². The Hall–Kier alpha value is -1.01. The van der Waals surface area contributed by atoms with Gasteiger partial charge in [0.1, 0.15) is 0 Å². The number of terminal acetylenes is 1. The van der Waals surface area contributed by atoms with Crippen molar-refractivity contribution in [3.63, 3.8) is 0 Å². The molecular formula is C11H20N2O. The van der Waals surface area contributed by atoms with Crippen LogP contribution in [0.4, 0.5) is 0 Å². The van der Waals surface area contributed by atoms with Crippen molar-refractivity contribution in [1.29, 1.82) is 0 Å². The lowest BCUT2D eigenvalue weighted by Gasteiger charge is -2.07. The zero-order valence-corrected chi connectivity index (χ0v) is 9.10. The normalized spacial score (nSPS) is 9.86. The van der Waals surface area contributed by atoms with E-state index in [2.05, 4.69) is 30.4 Å². The molecule has 80 valence electrons. The van der Waals surface area contributed by atoms with Gasteiger partial charge in [0.2, 0.25) is 5.91 Å². The molecule has 2 N–H and O–H groups in total. The van der Waals surface area contributed by atoms with E-state index in [1.165, 1.54) is 0 Å². The van der Waals surface area contributed by atoms with E-state index in [1.807, 2.05) is 0 Å². The van der Waals surface area contributed by atoms with Crippen LogP contribution in [0.2, 0.25) is 0 Å². The molecule has 3 nitrogen and oxygen atoms in total. The fraction of sp³-hybridized carbons (Fsp3) is 0.727. The molecule has 0 aromatic carbocycles. The SMILES string of the molecule is C#CCCCNCC(=O)NCC(C)C. The third kappa shape index (κ3) is 9.08. The Kier molecular flexibility index (Phi) is 7.96. The molecule has 0 aliphatic heterocycles. The fourth-order valence-corrected chi connectivity index (χ4v) is 0.898. The van der Waals surface area contributed by atoms with Gasteiger partial charge in [0.15, 0.2) is 0 Å². The number of hydrogen-bond acceptors (Lipinski definition) is 2. The summed E-state index contributed by atoms with van der Waals surface area (Å²) in [5.74, 6) is 3.11. The van der Waals surface area contributed by atoms with Crippen molar-refractivity contribution in [3.8, 4) is 12.3 Å². The smallest absolute Gasteiger partial charge is 0.233 e. The van der Waals surface area contributed by atoms with Crippen molar-refractivity contribution in [3.05, 3.63) is 0 Å². The standard InChI is InChI=1S/C11H20N2O/c1-4-5-6-7-12-9-11(14)13-8-10(2)3/h1,10,12H,5-9H2,2-3H3,(H,13,14). The molecule has 0 aliphatic carbocycles. The summed E-state index contributed by atoms with van der Waals surface area (Å²) < 4.78 is 0. The first-order chi connectivity index (χ1) is 6.66. The molecule has 0 unspecified atom stereocenters. The Balaban J connectivity index is 3.24. The topological polar surface area (TPSA) is 41.1 Å². The van der Waals surface area contributed by atoms with Crippen LogP contribution in [0.3, 0.4) is 0 Å². The van der Waals surface area contributed by atoms with Gasteiger partial charge in [-0.25, -0.2) is 0 Å². The molecule has 0 heterocycles. The van der Waals surface area contributed by atoms with Gasteiger partial charge in [0.05, 0.1) is 6.54 Å². The molecule has 0 saturated carbocycles. The molecule has 0 saturated heterocycles. The fourth-order valence-electron chi connectivity index (χ4n) is 0.898. The predicted octanol–water partition coefficient (Wildman–Crippen LogP) is 0.762. The average Bonchev–Trinajstić information content (AvgIpc) is 2.14. The summed E-state index contributed by atoms with van der Waals surface area (Å²) in [6.07, 6.45) is 6.78. The maximum Gasteiger partial charge on any atom is 0.233 e. The van der Waals surface area contributed by atoms with Crippen LogP contribution in [0, 0.1) is 18.3 Å². The summed E-state index contributed by atoms with van der Waals surface area (Å²) in [5.41, 5.74) is 0. The molecule has 3 heteroatoms. The zero-order chi connectivity index (χ0) is 10.8. The maximum absolute atomic E-state index is 11.2. The first kappa shape index (κ1) is 13.0. The molecule has 0 atom stereocenters. The monoisotopic (exact) mass is 196 g/mol. The Labute approximate surface area is 86.6 Å². The average molecular weight is 196 g/mol. The number of carbonyl (C=O) groups excluding carboxylic acids is 1. The highest BCUT2D eigenvalue weighted by molar-refractivity contribution is 5.77. The van der Waals surface area contributed by atoms with E-state index in [1.54, 1.807) is 0 Å². The highest BCUT2D eigenvalue weighted by atomic mass is 16.1. The molecule has 0 radical (unpaired) electrons. The van der Waals surface area contributed by atoms with Gasteiger partial charge in [0.25, 0.3) is 0 Å². The Morgan fingerprint density at radius 3 is 2.79 bits per heavy atom. The number of amides is 1. The third-order valence-corrected chi connectivity index (χ3v) is 1.67. The highest BCUT2D eigenvalue weighted by Crippen LogP contribution is 1.86. The second-order valence-corrected chi connectivity index (χ2v) is 3.68. The number of nitrogens with one attached hydrogen (secondary N) is 2. The van der Waals surface area contributed by atoms with Gasteiger partial charge in [-0.1, -0.05) is 13.8 Å². The first-order valence-corrected chi connectivity index (χ1v) is 5.07. The van der Waals surface area contributed by atoms with Crippen LogP contribution < -0.4 is 10.6 Å². The van der Waals surface area contributed by atoms with Crippen molar-refractivity contribution in [2.75, 3.05) is 19.6 Å². The zero-order valence-electron chi connectivity index (χ0n) is 9.10. The quantitative estimate of drug-likeness (QED) is 0.466. The lowest BCUT2D eigenvalue weighted by Crippen LogP contribution is -2.36. The molecule has 0 aromatic rings. The largest absolute Gasteiger partial charge is 0.355 e. The van der Waals surface area contributed by atoms with E-state index in [9.17, 15) is 4.79 Å². The van der Waals surface area contributed by atoms with Crippen molar-refractivity contribution in [2.24, 2.45) is 5.92 Å². The molecule has 0 aliphatic rings. The number of rotatable bonds is 7. The van der Waals surface area contributed by atoms with Crippen LogP contribution in [0.1, 0.15) is 26.7 Å². The highest BCUT2D eigenvalue weighted by Gasteiger charge is 2.00. The summed E-state index contributed by atoms with van der Waals surface area (Å²) >= 11 is 0. The van der Waals surface area contributed by atoms with E-state index >= 15 is 0 Å². The van der Waals surface area contributed by atoms with Crippen molar-refractivity contribution in [1.82, 2.24) is 10.6 Å². The molecule has 0 aromatic heterocycles. The molecule has 1 amide bonds. The van der Waals surface area contributed by atoms with Crippen LogP contribution in [-0.2, 0) is 4.79 Å². The molecule has 0 rings (SSSR count). The van der Waals surface area contributed by atoms with E-state index in [4.69, 9.17) is 6.42 Å². The van der Waals surface area contributed by atoms with E-state index < -0.39 is 0 Å². The Morgan fingerprint density at radius 2 is 2.21 bits per heavy atom. The molecule has 0 bridgehead atoms. The predicted molar refractivity (Wildman–Crippen MR) is 58.8 cm³/mol. The summed E-state index contributed by atoms with van der Waals surface area (Å²) in [7, 11) is 0. The van der Waals surface area contributed by atoms with Gasteiger partial charge in [-0.2, -0.15) is 0 Å². The van der Waals surface area contributed by atoms with Gasteiger partial charge in [-0.3, -0.25) is 4.79 Å². The summed E-state index contributed by atoms with van der Waals surface area (Å²) in [6.45, 7) is 6.07. The van der Waals surface area contributed by atoms with Gasteiger partial charge in [-0.05, 0) is 18.9 Å². The van der Waals surface area contributed by atoms with Crippen molar-refractivity contribution >= 4 is 5.91 Å². The maximum atomic E-state index is 11.2. The third-order valence-electron chi connectivity index (χ3n) is 1.67. The van der Waals surface area contributed by atoms with Crippen LogP contribution in [0.15, 0.2) is 0 Å². The second kappa shape index (κ2) is 8.58. The molecule has 14 heavy (non-hydrogen) atoms.